The Morgan fingerprint density at radius 1 is 1.03 bits per heavy atom. The molecule has 2 aliphatic heterocycles. The molecule has 32 heavy (non-hydrogen) atoms. The van der Waals surface area contributed by atoms with E-state index in [2.05, 4.69) is 10.6 Å². The molecule has 4 amide bonds. The Bertz CT molecular complexity index is 1110. The van der Waals surface area contributed by atoms with Gasteiger partial charge in [-0.25, -0.2) is 4.79 Å². The quantitative estimate of drug-likeness (QED) is 0.720. The lowest BCUT2D eigenvalue weighted by atomic mass is 9.91. The molecular weight excluding hydrogens is 410 g/mol. The second kappa shape index (κ2) is 7.85. The number of ether oxygens (including phenoxy) is 2. The fourth-order valence-corrected chi connectivity index (χ4v) is 4.50. The van der Waals surface area contributed by atoms with Gasteiger partial charge in [-0.05, 0) is 67.1 Å². The Morgan fingerprint density at radius 2 is 1.81 bits per heavy atom. The van der Waals surface area contributed by atoms with Gasteiger partial charge in [0.2, 0.25) is 5.91 Å². The second-order valence-electron chi connectivity index (χ2n) is 8.54. The average Bonchev–Trinajstić information content (AvgIpc) is 3.22. The van der Waals surface area contributed by atoms with Gasteiger partial charge < -0.3 is 20.1 Å². The molecule has 0 radical (unpaired) electrons. The van der Waals surface area contributed by atoms with Crippen molar-refractivity contribution in [3.05, 3.63) is 53.1 Å². The van der Waals surface area contributed by atoms with Crippen LogP contribution in [0.25, 0.3) is 0 Å². The third-order valence-electron chi connectivity index (χ3n) is 6.28. The van der Waals surface area contributed by atoms with Gasteiger partial charge in [-0.3, -0.25) is 14.5 Å². The molecule has 0 bridgehead atoms. The van der Waals surface area contributed by atoms with Gasteiger partial charge in [0, 0.05) is 12.1 Å². The summed E-state index contributed by atoms with van der Waals surface area (Å²) < 4.78 is 11.4. The molecule has 166 valence electrons. The van der Waals surface area contributed by atoms with E-state index in [1.165, 1.54) is 11.1 Å². The van der Waals surface area contributed by atoms with E-state index < -0.39 is 23.4 Å². The van der Waals surface area contributed by atoms with Gasteiger partial charge in [0.05, 0.1) is 13.2 Å². The highest BCUT2D eigenvalue weighted by atomic mass is 16.5. The smallest absolute Gasteiger partial charge is 0.325 e. The molecule has 8 heteroatoms. The van der Waals surface area contributed by atoms with Gasteiger partial charge in [-0.2, -0.15) is 0 Å². The van der Waals surface area contributed by atoms with E-state index in [9.17, 15) is 14.4 Å². The van der Waals surface area contributed by atoms with Crippen molar-refractivity contribution in [1.82, 2.24) is 10.2 Å². The number of rotatable bonds is 4. The number of hydrogen-bond donors (Lipinski definition) is 2. The lowest BCUT2D eigenvalue weighted by molar-refractivity contribution is -0.133. The summed E-state index contributed by atoms with van der Waals surface area (Å²) in [4.78, 5) is 39.4. The topological polar surface area (TPSA) is 97.0 Å². The molecular formula is C24H25N3O5. The molecule has 2 N–H and O–H groups in total. The van der Waals surface area contributed by atoms with Crippen LogP contribution in [0.1, 0.15) is 36.5 Å². The van der Waals surface area contributed by atoms with Crippen LogP contribution in [0, 0.1) is 0 Å². The highest BCUT2D eigenvalue weighted by Crippen LogP contribution is 2.36. The van der Waals surface area contributed by atoms with Crippen LogP contribution in [-0.2, 0) is 28.0 Å². The maximum Gasteiger partial charge on any atom is 0.325 e. The minimum atomic E-state index is -1.30. The number of carbonyl (C=O) groups excluding carboxylic acids is 3. The predicted molar refractivity (Wildman–Crippen MR) is 117 cm³/mol. The summed E-state index contributed by atoms with van der Waals surface area (Å²) in [5.41, 5.74) is 2.49. The van der Waals surface area contributed by atoms with Gasteiger partial charge in [0.15, 0.2) is 11.5 Å². The zero-order valence-corrected chi connectivity index (χ0v) is 17.9. The van der Waals surface area contributed by atoms with Crippen LogP contribution < -0.4 is 20.1 Å². The Morgan fingerprint density at radius 3 is 2.66 bits per heavy atom. The Balaban J connectivity index is 1.31. The summed E-state index contributed by atoms with van der Waals surface area (Å²) in [6, 6.07) is 10.4. The van der Waals surface area contributed by atoms with Crippen LogP contribution in [0.4, 0.5) is 10.5 Å². The van der Waals surface area contributed by atoms with E-state index in [0.717, 1.165) is 30.6 Å². The summed E-state index contributed by atoms with van der Waals surface area (Å²) >= 11 is 0. The number of urea groups is 1. The molecule has 2 heterocycles. The normalized spacial score (nSPS) is 21.7. The van der Waals surface area contributed by atoms with Gasteiger partial charge in [-0.15, -0.1) is 0 Å². The lowest BCUT2D eigenvalue weighted by Crippen LogP contribution is -2.42. The molecule has 0 aromatic heterocycles. The molecule has 2 aromatic carbocycles. The number of aryl methyl sites for hydroxylation is 2. The predicted octanol–water partition coefficient (Wildman–Crippen LogP) is 2.74. The Kier molecular flexibility index (Phi) is 5.00. The fourth-order valence-electron chi connectivity index (χ4n) is 4.50. The first-order valence-electron chi connectivity index (χ1n) is 10.9. The van der Waals surface area contributed by atoms with E-state index in [4.69, 9.17) is 9.47 Å². The maximum absolute atomic E-state index is 13.2. The van der Waals surface area contributed by atoms with Crippen molar-refractivity contribution in [1.29, 1.82) is 0 Å². The van der Waals surface area contributed by atoms with E-state index in [-0.39, 0.29) is 6.54 Å². The summed E-state index contributed by atoms with van der Waals surface area (Å²) in [6.07, 6.45) is 3.95. The van der Waals surface area contributed by atoms with Gasteiger partial charge in [0.25, 0.3) is 5.91 Å². The molecule has 5 rings (SSSR count). The highest BCUT2D eigenvalue weighted by molar-refractivity contribution is 6.10. The summed E-state index contributed by atoms with van der Waals surface area (Å²) in [7, 11) is 0. The molecule has 1 aliphatic carbocycles. The van der Waals surface area contributed by atoms with E-state index >= 15 is 0 Å². The molecule has 8 nitrogen and oxygen atoms in total. The van der Waals surface area contributed by atoms with Gasteiger partial charge in [-0.1, -0.05) is 12.1 Å². The molecule has 1 atom stereocenters. The standard InChI is InChI=1S/C24H25N3O5/c1-24(17-7-9-19-20(13-17)32-11-3-10-31-19)22(29)27(23(30)26-24)14-21(28)25-18-8-6-15-4-2-5-16(15)12-18/h6-9,12-13H,2-5,10-11,14H2,1H3,(H,25,28)(H,26,30)/t24-/m1/s1. The summed E-state index contributed by atoms with van der Waals surface area (Å²) in [5.74, 6) is 0.240. The van der Waals surface area contributed by atoms with Crippen LogP contribution in [0.3, 0.4) is 0 Å². The lowest BCUT2D eigenvalue weighted by Gasteiger charge is -2.23. The van der Waals surface area contributed by atoms with Crippen LogP contribution in [0.2, 0.25) is 0 Å². The molecule has 1 fully saturated rings. The van der Waals surface area contributed by atoms with Crippen LogP contribution in [0.5, 0.6) is 11.5 Å². The number of fused-ring (bicyclic) bond motifs is 2. The monoisotopic (exact) mass is 435 g/mol. The average molecular weight is 435 g/mol. The second-order valence-corrected chi connectivity index (χ2v) is 8.54. The first-order chi connectivity index (χ1) is 15.4. The zero-order valence-electron chi connectivity index (χ0n) is 17.9. The number of carbonyl (C=O) groups is 3. The van der Waals surface area contributed by atoms with Crippen molar-refractivity contribution in [3.8, 4) is 11.5 Å². The van der Waals surface area contributed by atoms with Crippen molar-refractivity contribution < 1.29 is 23.9 Å². The van der Waals surface area contributed by atoms with Crippen molar-refractivity contribution in [2.24, 2.45) is 0 Å². The molecule has 0 spiro atoms. The number of nitrogens with one attached hydrogen (secondary N) is 2. The molecule has 0 unspecified atom stereocenters. The van der Waals surface area contributed by atoms with E-state index in [1.54, 1.807) is 25.1 Å². The maximum atomic E-state index is 13.2. The minimum absolute atomic E-state index is 0.359. The third kappa shape index (κ3) is 3.55. The SMILES string of the molecule is C[C@]1(c2ccc3c(c2)OCCCO3)NC(=O)N(CC(=O)Nc2ccc3c(c2)CCC3)C1=O. The van der Waals surface area contributed by atoms with Crippen molar-refractivity contribution in [2.75, 3.05) is 25.1 Å². The number of amides is 4. The molecule has 2 aromatic rings. The van der Waals surface area contributed by atoms with Crippen LogP contribution in [-0.4, -0.2) is 42.5 Å². The Hall–Kier alpha value is -3.55. The number of anilines is 1. The number of nitrogens with zero attached hydrogens (tertiary/aromatic N) is 1. The van der Waals surface area contributed by atoms with Gasteiger partial charge >= 0.3 is 6.03 Å². The highest BCUT2D eigenvalue weighted by Gasteiger charge is 2.49. The van der Waals surface area contributed by atoms with Crippen LogP contribution in [0.15, 0.2) is 36.4 Å². The molecule has 0 saturated carbocycles. The van der Waals surface area contributed by atoms with Crippen molar-refractivity contribution in [3.63, 3.8) is 0 Å². The number of imide groups is 1. The fraction of sp³-hybridized carbons (Fsp3) is 0.375. The van der Waals surface area contributed by atoms with E-state index in [0.29, 0.717) is 36.0 Å². The van der Waals surface area contributed by atoms with Crippen molar-refractivity contribution in [2.45, 2.75) is 38.1 Å². The van der Waals surface area contributed by atoms with Crippen LogP contribution >= 0.6 is 0 Å². The van der Waals surface area contributed by atoms with Crippen molar-refractivity contribution >= 4 is 23.5 Å². The minimum Gasteiger partial charge on any atom is -0.490 e. The largest absolute Gasteiger partial charge is 0.490 e. The number of hydrogen-bond acceptors (Lipinski definition) is 5. The molecule has 3 aliphatic rings. The molecule has 1 saturated heterocycles. The number of benzene rings is 2. The first-order valence-corrected chi connectivity index (χ1v) is 10.9. The Labute approximate surface area is 185 Å². The summed E-state index contributed by atoms with van der Waals surface area (Å²) in [6.45, 7) is 2.35. The zero-order chi connectivity index (χ0) is 22.3. The van der Waals surface area contributed by atoms with Gasteiger partial charge in [0.1, 0.15) is 12.1 Å². The first kappa shape index (κ1) is 20.4. The van der Waals surface area contributed by atoms with E-state index in [1.807, 2.05) is 18.2 Å². The third-order valence-corrected chi connectivity index (χ3v) is 6.28. The summed E-state index contributed by atoms with van der Waals surface area (Å²) in [5, 5.41) is 5.54.